The van der Waals surface area contributed by atoms with Crippen LogP contribution >= 0.6 is 11.6 Å². The molecule has 0 bridgehead atoms. The van der Waals surface area contributed by atoms with Gasteiger partial charge in [-0.15, -0.1) is 0 Å². The smallest absolute Gasteiger partial charge is 0.213 e. The number of hydrogen-bond acceptors (Lipinski definition) is 5. The fraction of sp³-hybridized carbons (Fsp3) is 0.538. The molecule has 2 aromatic rings. The number of aliphatic hydroxyl groups is 1. The number of rotatable bonds is 11. The second-order valence-electron chi connectivity index (χ2n) is 9.69. The standard InChI is InChI=1S/C26H38ClN3O3S/c1-20(2)34(32,33)29-19-21(3)5-4-16-28-24-10-12-25(13-11-24)30-17-14-26(31,15-18-30)22-6-8-23(27)9-7-22/h6-13,20-21,28-29,31H,4-5,14-19H2,1-3H3. The molecular formula is C26H38ClN3O3S. The van der Waals surface area contributed by atoms with Crippen LogP contribution in [0.1, 0.15) is 52.0 Å². The first-order chi connectivity index (χ1) is 16.1. The number of benzene rings is 2. The highest BCUT2D eigenvalue weighted by Gasteiger charge is 2.34. The third kappa shape index (κ3) is 7.35. The van der Waals surface area contributed by atoms with E-state index in [0.29, 0.717) is 30.3 Å². The Morgan fingerprint density at radius 1 is 1.03 bits per heavy atom. The number of nitrogens with zero attached hydrogens (tertiary/aromatic N) is 1. The van der Waals surface area contributed by atoms with Crippen LogP contribution in [0.4, 0.5) is 11.4 Å². The summed E-state index contributed by atoms with van der Waals surface area (Å²) in [6.07, 6.45) is 3.29. The summed E-state index contributed by atoms with van der Waals surface area (Å²) in [5.41, 5.74) is 2.37. The maximum Gasteiger partial charge on any atom is 0.213 e. The molecule has 1 unspecified atom stereocenters. The normalized spacial score (nSPS) is 17.1. The van der Waals surface area contributed by atoms with Crippen LogP contribution in [0, 0.1) is 5.92 Å². The molecule has 1 saturated heterocycles. The van der Waals surface area contributed by atoms with Gasteiger partial charge in [-0.2, -0.15) is 0 Å². The number of sulfonamides is 1. The van der Waals surface area contributed by atoms with Crippen LogP contribution < -0.4 is 14.9 Å². The van der Waals surface area contributed by atoms with Crippen molar-refractivity contribution in [1.82, 2.24) is 4.72 Å². The molecule has 34 heavy (non-hydrogen) atoms. The van der Waals surface area contributed by atoms with E-state index in [1.54, 1.807) is 13.8 Å². The zero-order valence-electron chi connectivity index (χ0n) is 20.4. The van der Waals surface area contributed by atoms with Crippen LogP contribution in [-0.2, 0) is 15.6 Å². The summed E-state index contributed by atoms with van der Waals surface area (Å²) in [6, 6.07) is 15.9. The van der Waals surface area contributed by atoms with E-state index in [1.165, 1.54) is 0 Å². The predicted octanol–water partition coefficient (Wildman–Crippen LogP) is 4.98. The first-order valence-corrected chi connectivity index (χ1v) is 14.1. The summed E-state index contributed by atoms with van der Waals surface area (Å²) < 4.78 is 26.4. The van der Waals surface area contributed by atoms with Gasteiger partial charge in [0.25, 0.3) is 0 Å². The average molecular weight is 508 g/mol. The largest absolute Gasteiger partial charge is 0.385 e. The Morgan fingerprint density at radius 2 is 1.65 bits per heavy atom. The summed E-state index contributed by atoms with van der Waals surface area (Å²) >= 11 is 5.99. The lowest BCUT2D eigenvalue weighted by Crippen LogP contribution is -2.42. The zero-order chi connectivity index (χ0) is 24.8. The van der Waals surface area contributed by atoms with Gasteiger partial charge >= 0.3 is 0 Å². The van der Waals surface area contributed by atoms with Crippen molar-refractivity contribution in [2.24, 2.45) is 5.92 Å². The van der Waals surface area contributed by atoms with E-state index in [1.807, 2.05) is 24.3 Å². The van der Waals surface area contributed by atoms with Gasteiger partial charge in [0.1, 0.15) is 0 Å². The molecule has 0 aromatic heterocycles. The highest BCUT2D eigenvalue weighted by molar-refractivity contribution is 7.90. The van der Waals surface area contributed by atoms with E-state index < -0.39 is 20.9 Å². The quantitative estimate of drug-likeness (QED) is 0.373. The van der Waals surface area contributed by atoms with Crippen LogP contribution in [0.2, 0.25) is 5.02 Å². The highest BCUT2D eigenvalue weighted by Crippen LogP contribution is 2.35. The lowest BCUT2D eigenvalue weighted by atomic mass is 9.84. The Bertz CT molecular complexity index is 1000. The second-order valence-corrected chi connectivity index (χ2v) is 12.4. The van der Waals surface area contributed by atoms with E-state index in [4.69, 9.17) is 11.6 Å². The summed E-state index contributed by atoms with van der Waals surface area (Å²) in [7, 11) is -3.19. The van der Waals surface area contributed by atoms with Crippen LogP contribution in [-0.4, -0.2) is 45.0 Å². The molecule has 0 amide bonds. The van der Waals surface area contributed by atoms with Gasteiger partial charge in [-0.05, 0) is 87.4 Å². The molecular weight excluding hydrogens is 470 g/mol. The van der Waals surface area contributed by atoms with Gasteiger partial charge in [-0.3, -0.25) is 0 Å². The number of anilines is 2. The Balaban J connectivity index is 1.39. The molecule has 0 spiro atoms. The maximum absolute atomic E-state index is 11.9. The number of piperidine rings is 1. The first-order valence-electron chi connectivity index (χ1n) is 12.1. The molecule has 1 aliphatic heterocycles. The summed E-state index contributed by atoms with van der Waals surface area (Å²) in [5.74, 6) is 0.295. The minimum absolute atomic E-state index is 0.295. The third-order valence-electron chi connectivity index (χ3n) is 6.66. The van der Waals surface area contributed by atoms with Crippen molar-refractivity contribution in [3.63, 3.8) is 0 Å². The minimum atomic E-state index is -3.19. The van der Waals surface area contributed by atoms with Crippen molar-refractivity contribution < 1.29 is 13.5 Å². The Morgan fingerprint density at radius 3 is 2.24 bits per heavy atom. The van der Waals surface area contributed by atoms with Crippen molar-refractivity contribution >= 4 is 33.0 Å². The van der Waals surface area contributed by atoms with Crippen molar-refractivity contribution in [3.8, 4) is 0 Å². The van der Waals surface area contributed by atoms with Crippen molar-refractivity contribution in [2.75, 3.05) is 36.4 Å². The molecule has 0 saturated carbocycles. The number of hydrogen-bond donors (Lipinski definition) is 3. The van der Waals surface area contributed by atoms with Crippen LogP contribution in [0.25, 0.3) is 0 Å². The van der Waals surface area contributed by atoms with Gasteiger partial charge in [0, 0.05) is 42.6 Å². The molecule has 3 N–H and O–H groups in total. The lowest BCUT2D eigenvalue weighted by Gasteiger charge is -2.39. The Hall–Kier alpha value is -1.80. The van der Waals surface area contributed by atoms with Gasteiger partial charge < -0.3 is 15.3 Å². The monoisotopic (exact) mass is 507 g/mol. The van der Waals surface area contributed by atoms with Gasteiger partial charge in [0.2, 0.25) is 10.0 Å². The third-order valence-corrected chi connectivity index (χ3v) is 8.72. The average Bonchev–Trinajstić information content (AvgIpc) is 2.82. The first kappa shape index (κ1) is 26.8. The van der Waals surface area contributed by atoms with E-state index in [-0.39, 0.29) is 0 Å². The molecule has 0 aliphatic carbocycles. The van der Waals surface area contributed by atoms with Gasteiger partial charge in [-0.25, -0.2) is 13.1 Å². The van der Waals surface area contributed by atoms with Crippen molar-refractivity contribution in [2.45, 2.75) is 57.3 Å². The lowest BCUT2D eigenvalue weighted by molar-refractivity contribution is 0.0118. The molecule has 6 nitrogen and oxygen atoms in total. The molecule has 1 heterocycles. The van der Waals surface area contributed by atoms with Crippen molar-refractivity contribution in [3.05, 3.63) is 59.1 Å². The predicted molar refractivity (Wildman–Crippen MR) is 142 cm³/mol. The molecule has 188 valence electrons. The summed E-state index contributed by atoms with van der Waals surface area (Å²) in [5, 5.41) is 14.8. The van der Waals surface area contributed by atoms with Crippen LogP contribution in [0.5, 0.6) is 0 Å². The summed E-state index contributed by atoms with van der Waals surface area (Å²) in [6.45, 7) is 8.37. The minimum Gasteiger partial charge on any atom is -0.385 e. The van der Waals surface area contributed by atoms with E-state index in [9.17, 15) is 13.5 Å². The van der Waals surface area contributed by atoms with E-state index >= 15 is 0 Å². The summed E-state index contributed by atoms with van der Waals surface area (Å²) in [4.78, 5) is 2.31. The van der Waals surface area contributed by atoms with Crippen LogP contribution in [0.3, 0.4) is 0 Å². The van der Waals surface area contributed by atoms with Gasteiger partial charge in [0.05, 0.1) is 10.9 Å². The maximum atomic E-state index is 11.9. The Labute approximate surface area is 209 Å². The molecule has 0 radical (unpaired) electrons. The fourth-order valence-electron chi connectivity index (χ4n) is 4.18. The van der Waals surface area contributed by atoms with Crippen LogP contribution in [0.15, 0.2) is 48.5 Å². The number of halogens is 1. The SMILES string of the molecule is CC(CCCNc1ccc(N2CCC(O)(c3ccc(Cl)cc3)CC2)cc1)CNS(=O)(=O)C(C)C. The molecule has 1 aliphatic rings. The van der Waals surface area contributed by atoms with Gasteiger partial charge in [0.15, 0.2) is 0 Å². The van der Waals surface area contributed by atoms with E-state index in [0.717, 1.165) is 49.4 Å². The molecule has 8 heteroatoms. The Kier molecular flexibility index (Phi) is 9.27. The zero-order valence-corrected chi connectivity index (χ0v) is 22.0. The molecule has 1 atom stereocenters. The van der Waals surface area contributed by atoms with Crippen molar-refractivity contribution in [1.29, 1.82) is 0 Å². The topological polar surface area (TPSA) is 81.7 Å². The van der Waals surface area contributed by atoms with E-state index in [2.05, 4.69) is 46.1 Å². The number of nitrogens with one attached hydrogen (secondary N) is 2. The highest BCUT2D eigenvalue weighted by atomic mass is 35.5. The molecule has 3 rings (SSSR count). The van der Waals surface area contributed by atoms with Gasteiger partial charge in [-0.1, -0.05) is 30.7 Å². The second kappa shape index (κ2) is 11.8. The fourth-order valence-corrected chi connectivity index (χ4v) is 5.16. The molecule has 1 fully saturated rings. The molecule has 2 aromatic carbocycles.